The van der Waals surface area contributed by atoms with Crippen molar-refractivity contribution < 1.29 is 4.74 Å². The van der Waals surface area contributed by atoms with Crippen LogP contribution in [0, 0.1) is 11.8 Å². The van der Waals surface area contributed by atoms with E-state index >= 15 is 0 Å². The average Bonchev–Trinajstić information content (AvgIpc) is 2.21. The lowest BCUT2D eigenvalue weighted by molar-refractivity contribution is 0.0237. The summed E-state index contributed by atoms with van der Waals surface area (Å²) in [6, 6.07) is 0. The Labute approximate surface area is 74.7 Å². The highest BCUT2D eigenvalue weighted by atomic mass is 16.5. The van der Waals surface area contributed by atoms with E-state index in [-0.39, 0.29) is 0 Å². The molecule has 2 saturated heterocycles. The van der Waals surface area contributed by atoms with Gasteiger partial charge in [0.25, 0.3) is 0 Å². The molecule has 0 saturated carbocycles. The third-order valence-electron chi connectivity index (χ3n) is 3.18. The summed E-state index contributed by atoms with van der Waals surface area (Å²) in [4.78, 5) is 0. The molecule has 2 heterocycles. The van der Waals surface area contributed by atoms with E-state index in [1.165, 1.54) is 25.7 Å². The topological polar surface area (TPSA) is 23.3 Å². The van der Waals surface area contributed by atoms with Gasteiger partial charge in [-0.05, 0) is 37.5 Å². The van der Waals surface area contributed by atoms with Gasteiger partial charge in [-0.15, -0.1) is 0 Å². The predicted molar refractivity (Wildman–Crippen MR) is 48.1 cm³/mol. The van der Waals surface area contributed by atoms with Gasteiger partial charge < -0.3 is 4.74 Å². The molecule has 0 bridgehead atoms. The lowest BCUT2D eigenvalue weighted by atomic mass is 9.82. The summed E-state index contributed by atoms with van der Waals surface area (Å²) in [5.74, 6) is 1.78. The van der Waals surface area contributed by atoms with E-state index in [1.807, 2.05) is 0 Å². The number of piperidine rings is 1. The van der Waals surface area contributed by atoms with Crippen LogP contribution in [0.25, 0.3) is 0 Å². The van der Waals surface area contributed by atoms with Gasteiger partial charge in [-0.2, -0.15) is 0 Å². The van der Waals surface area contributed by atoms with E-state index in [4.69, 9.17) is 4.74 Å². The fourth-order valence-corrected chi connectivity index (χ4v) is 2.38. The van der Waals surface area contributed by atoms with Crippen molar-refractivity contribution in [2.45, 2.75) is 25.7 Å². The molecule has 12 heavy (non-hydrogen) atoms. The molecule has 0 aromatic rings. The molecule has 1 atom stereocenters. The van der Waals surface area contributed by atoms with Gasteiger partial charge in [0.15, 0.2) is 0 Å². The molecule has 2 rings (SSSR count). The van der Waals surface area contributed by atoms with E-state index in [9.17, 15) is 0 Å². The van der Waals surface area contributed by atoms with Crippen molar-refractivity contribution in [3.05, 3.63) is 0 Å². The van der Waals surface area contributed by atoms with Crippen LogP contribution in [-0.2, 0) is 4.74 Å². The number of rotatable bonds is 1. The molecule has 0 aliphatic carbocycles. The molecular weight excluding hydrogens is 150 g/mol. The van der Waals surface area contributed by atoms with Gasteiger partial charge in [-0.3, -0.25) is 0 Å². The summed E-state index contributed by atoms with van der Waals surface area (Å²) in [5, 5.41) is 4.38. The van der Waals surface area contributed by atoms with Crippen LogP contribution in [0.5, 0.6) is 0 Å². The highest BCUT2D eigenvalue weighted by Crippen LogP contribution is 2.28. The van der Waals surface area contributed by atoms with Crippen LogP contribution in [-0.4, -0.2) is 26.3 Å². The van der Waals surface area contributed by atoms with Gasteiger partial charge in [-0.25, -0.2) is 5.32 Å². The van der Waals surface area contributed by atoms with Crippen LogP contribution < -0.4 is 5.32 Å². The second-order valence-electron chi connectivity index (χ2n) is 3.99. The molecule has 2 aliphatic rings. The largest absolute Gasteiger partial charge is 0.381 e. The van der Waals surface area contributed by atoms with Gasteiger partial charge in [0.2, 0.25) is 0 Å². The monoisotopic (exact) mass is 168 g/mol. The maximum atomic E-state index is 5.50. The van der Waals surface area contributed by atoms with Crippen molar-refractivity contribution in [1.29, 1.82) is 0 Å². The third-order valence-corrected chi connectivity index (χ3v) is 3.18. The van der Waals surface area contributed by atoms with Gasteiger partial charge in [-0.1, -0.05) is 0 Å². The Morgan fingerprint density at radius 1 is 1.00 bits per heavy atom. The Morgan fingerprint density at radius 2 is 1.83 bits per heavy atom. The minimum absolute atomic E-state index is 0.856. The second kappa shape index (κ2) is 4.24. The van der Waals surface area contributed by atoms with E-state index in [0.29, 0.717) is 0 Å². The number of hydrogen-bond acceptors (Lipinski definition) is 1. The minimum Gasteiger partial charge on any atom is -0.381 e. The van der Waals surface area contributed by atoms with Crippen molar-refractivity contribution in [3.8, 4) is 0 Å². The average molecular weight is 168 g/mol. The van der Waals surface area contributed by atoms with Crippen molar-refractivity contribution in [3.63, 3.8) is 0 Å². The molecule has 2 nitrogen and oxygen atoms in total. The van der Waals surface area contributed by atoms with Gasteiger partial charge in [0, 0.05) is 26.3 Å². The molecule has 0 spiro atoms. The Bertz CT molecular complexity index is 110. The van der Waals surface area contributed by atoms with Gasteiger partial charge in [0.1, 0.15) is 0 Å². The summed E-state index contributed by atoms with van der Waals surface area (Å²) < 4.78 is 5.50. The molecule has 0 aromatic heterocycles. The number of ether oxygens (including phenoxy) is 1. The maximum absolute atomic E-state index is 5.50. The van der Waals surface area contributed by atoms with Crippen molar-refractivity contribution in [2.24, 2.45) is 11.8 Å². The molecule has 2 aliphatic heterocycles. The van der Waals surface area contributed by atoms with Crippen LogP contribution in [0.3, 0.4) is 0 Å². The van der Waals surface area contributed by atoms with Crippen LogP contribution in [0.15, 0.2) is 0 Å². The quantitative estimate of drug-likeness (QED) is 0.581. The SMILES string of the molecule is C1COCC(C2CC[N]CC2)C1. The summed E-state index contributed by atoms with van der Waals surface area (Å²) >= 11 is 0. The highest BCUT2D eigenvalue weighted by molar-refractivity contribution is 4.77. The summed E-state index contributed by atoms with van der Waals surface area (Å²) in [6.45, 7) is 4.21. The summed E-state index contributed by atoms with van der Waals surface area (Å²) in [5.41, 5.74) is 0. The molecule has 1 radical (unpaired) electrons. The lowest BCUT2D eigenvalue weighted by Gasteiger charge is -2.32. The molecule has 0 aromatic carbocycles. The first-order valence-electron chi connectivity index (χ1n) is 5.18. The normalized spacial score (nSPS) is 33.5. The zero-order valence-corrected chi connectivity index (χ0v) is 7.67. The zero-order chi connectivity index (χ0) is 8.23. The van der Waals surface area contributed by atoms with E-state index in [2.05, 4.69) is 5.32 Å². The first-order chi connectivity index (χ1) is 5.97. The standard InChI is InChI=1S/C10H18NO/c1-2-10(8-12-7-1)9-3-5-11-6-4-9/h9-10H,1-8H2. The van der Waals surface area contributed by atoms with Gasteiger partial charge >= 0.3 is 0 Å². The predicted octanol–water partition coefficient (Wildman–Crippen LogP) is 1.43. The second-order valence-corrected chi connectivity index (χ2v) is 3.99. The van der Waals surface area contributed by atoms with E-state index in [1.54, 1.807) is 0 Å². The third kappa shape index (κ3) is 1.99. The molecule has 1 unspecified atom stereocenters. The molecule has 0 N–H and O–H groups in total. The van der Waals surface area contributed by atoms with Gasteiger partial charge in [0.05, 0.1) is 0 Å². The number of nitrogens with zero attached hydrogens (tertiary/aromatic N) is 1. The van der Waals surface area contributed by atoms with E-state index < -0.39 is 0 Å². The first kappa shape index (κ1) is 8.52. The summed E-state index contributed by atoms with van der Waals surface area (Å²) in [6.07, 6.45) is 5.30. The Morgan fingerprint density at radius 3 is 2.50 bits per heavy atom. The molecule has 69 valence electrons. The Balaban J connectivity index is 1.80. The Kier molecular flexibility index (Phi) is 3.01. The van der Waals surface area contributed by atoms with Crippen LogP contribution in [0.2, 0.25) is 0 Å². The fraction of sp³-hybridized carbons (Fsp3) is 1.00. The van der Waals surface area contributed by atoms with Crippen molar-refractivity contribution in [2.75, 3.05) is 26.3 Å². The Hall–Kier alpha value is -0.0800. The lowest BCUT2D eigenvalue weighted by Crippen LogP contribution is -2.32. The van der Waals surface area contributed by atoms with Crippen molar-refractivity contribution in [1.82, 2.24) is 5.32 Å². The first-order valence-corrected chi connectivity index (χ1v) is 5.18. The minimum atomic E-state index is 0.856. The highest BCUT2D eigenvalue weighted by Gasteiger charge is 2.25. The molecule has 2 fully saturated rings. The summed E-state index contributed by atoms with van der Waals surface area (Å²) in [7, 11) is 0. The molecule has 0 amide bonds. The fourth-order valence-electron chi connectivity index (χ4n) is 2.38. The van der Waals surface area contributed by atoms with Crippen molar-refractivity contribution >= 4 is 0 Å². The smallest absolute Gasteiger partial charge is 0.0496 e. The molecular formula is C10H18NO. The van der Waals surface area contributed by atoms with E-state index in [0.717, 1.165) is 38.1 Å². The zero-order valence-electron chi connectivity index (χ0n) is 7.67. The van der Waals surface area contributed by atoms with Crippen LogP contribution >= 0.6 is 0 Å². The van der Waals surface area contributed by atoms with Crippen LogP contribution in [0.1, 0.15) is 25.7 Å². The van der Waals surface area contributed by atoms with Crippen LogP contribution in [0.4, 0.5) is 0 Å². The maximum Gasteiger partial charge on any atom is 0.0496 e. The molecule has 2 heteroatoms. The number of hydrogen-bond donors (Lipinski definition) is 0.